The van der Waals surface area contributed by atoms with Crippen LogP contribution in [0.1, 0.15) is 39.0 Å². The molecule has 1 aliphatic carbocycles. The Labute approximate surface area is 95.7 Å². The number of carbonyl (C=O) groups is 2. The highest BCUT2D eigenvalue weighted by atomic mass is 16.4. The molecule has 0 aliphatic heterocycles. The summed E-state index contributed by atoms with van der Waals surface area (Å²) in [5.41, 5.74) is 0. The number of rotatable bonds is 5. The van der Waals surface area contributed by atoms with E-state index < -0.39 is 23.8 Å². The molecule has 16 heavy (non-hydrogen) atoms. The first kappa shape index (κ1) is 13.0. The molecule has 0 heterocycles. The molecule has 4 heteroatoms. The molecule has 1 aliphatic rings. The molecule has 0 bridgehead atoms. The Balaban J connectivity index is 2.78. The second-order valence-corrected chi connectivity index (χ2v) is 4.44. The Hall–Kier alpha value is -1.06. The van der Waals surface area contributed by atoms with Gasteiger partial charge >= 0.3 is 11.9 Å². The van der Waals surface area contributed by atoms with Crippen LogP contribution in [-0.2, 0) is 9.59 Å². The van der Waals surface area contributed by atoms with Crippen molar-refractivity contribution in [3.05, 3.63) is 6.42 Å². The fraction of sp³-hybridized carbons (Fsp3) is 0.750. The van der Waals surface area contributed by atoms with Crippen LogP contribution < -0.4 is 0 Å². The van der Waals surface area contributed by atoms with E-state index in [1.54, 1.807) is 0 Å². The molecular formula is C12H19O4. The Morgan fingerprint density at radius 2 is 2.12 bits per heavy atom. The van der Waals surface area contributed by atoms with E-state index in [1.165, 1.54) is 0 Å². The molecule has 3 unspecified atom stereocenters. The van der Waals surface area contributed by atoms with Gasteiger partial charge in [-0.2, -0.15) is 0 Å². The van der Waals surface area contributed by atoms with Crippen molar-refractivity contribution >= 4 is 11.9 Å². The van der Waals surface area contributed by atoms with Crippen LogP contribution in [-0.4, -0.2) is 22.2 Å². The fourth-order valence-electron chi connectivity index (χ4n) is 2.57. The largest absolute Gasteiger partial charge is 0.481 e. The van der Waals surface area contributed by atoms with E-state index in [9.17, 15) is 9.59 Å². The molecule has 91 valence electrons. The van der Waals surface area contributed by atoms with Crippen molar-refractivity contribution in [2.45, 2.75) is 39.0 Å². The van der Waals surface area contributed by atoms with E-state index in [4.69, 9.17) is 10.2 Å². The van der Waals surface area contributed by atoms with Crippen molar-refractivity contribution < 1.29 is 19.8 Å². The minimum atomic E-state index is -0.853. The molecule has 1 radical (unpaired) electrons. The zero-order valence-electron chi connectivity index (χ0n) is 9.56. The molecule has 0 amide bonds. The van der Waals surface area contributed by atoms with Gasteiger partial charge < -0.3 is 10.2 Å². The molecule has 3 atom stereocenters. The fourth-order valence-corrected chi connectivity index (χ4v) is 2.57. The van der Waals surface area contributed by atoms with E-state index in [0.717, 1.165) is 12.8 Å². The average Bonchev–Trinajstić information content (AvgIpc) is 2.25. The van der Waals surface area contributed by atoms with Crippen molar-refractivity contribution in [2.24, 2.45) is 17.8 Å². The van der Waals surface area contributed by atoms with Crippen LogP contribution in [0.2, 0.25) is 0 Å². The van der Waals surface area contributed by atoms with E-state index in [0.29, 0.717) is 19.3 Å². The van der Waals surface area contributed by atoms with Crippen LogP contribution in [0.3, 0.4) is 0 Å². The number of carboxylic acid groups (broad SMARTS) is 2. The minimum absolute atomic E-state index is 0.233. The quantitative estimate of drug-likeness (QED) is 0.755. The Kier molecular flexibility index (Phi) is 4.77. The molecule has 0 spiro atoms. The van der Waals surface area contributed by atoms with Crippen LogP contribution >= 0.6 is 0 Å². The van der Waals surface area contributed by atoms with Crippen molar-refractivity contribution in [2.75, 3.05) is 0 Å². The molecule has 0 aromatic rings. The monoisotopic (exact) mass is 227 g/mol. The predicted molar refractivity (Wildman–Crippen MR) is 58.8 cm³/mol. The van der Waals surface area contributed by atoms with Crippen molar-refractivity contribution in [1.82, 2.24) is 0 Å². The second kappa shape index (κ2) is 5.87. The lowest BCUT2D eigenvalue weighted by molar-refractivity contribution is -0.150. The Bertz CT molecular complexity index is 262. The van der Waals surface area contributed by atoms with E-state index in [1.807, 2.05) is 13.3 Å². The minimum Gasteiger partial charge on any atom is -0.481 e. The van der Waals surface area contributed by atoms with E-state index in [2.05, 4.69) is 0 Å². The number of carboxylic acids is 2. The number of hydrogen-bond acceptors (Lipinski definition) is 2. The first-order valence-corrected chi connectivity index (χ1v) is 5.85. The molecule has 0 aromatic heterocycles. The summed E-state index contributed by atoms with van der Waals surface area (Å²) in [4.78, 5) is 22.2. The van der Waals surface area contributed by atoms with Crippen molar-refractivity contribution in [3.8, 4) is 0 Å². The lowest BCUT2D eigenvalue weighted by atomic mass is 9.71. The molecular weight excluding hydrogens is 208 g/mol. The summed E-state index contributed by atoms with van der Waals surface area (Å²) >= 11 is 0. The smallest absolute Gasteiger partial charge is 0.306 e. The summed E-state index contributed by atoms with van der Waals surface area (Å²) in [6.07, 6.45) is 5.35. The maximum absolute atomic E-state index is 11.2. The summed E-state index contributed by atoms with van der Waals surface area (Å²) in [6.45, 7) is 1.93. The standard InChI is InChI=1S/C12H19O4/c1-2-5-9(11(13)14)8-6-3-4-7-10(8)12(15)16/h3,8-10H,2,4-7H2,1H3,(H,13,14)(H,15,16). The van der Waals surface area contributed by atoms with Crippen LogP contribution in [0.25, 0.3) is 0 Å². The third-order valence-corrected chi connectivity index (χ3v) is 3.39. The van der Waals surface area contributed by atoms with Gasteiger partial charge in [-0.1, -0.05) is 13.3 Å². The SMILES string of the molecule is CCCC(C(=O)O)C1C[CH]CCC1C(=O)O. The van der Waals surface area contributed by atoms with E-state index >= 15 is 0 Å². The van der Waals surface area contributed by atoms with Gasteiger partial charge in [0.15, 0.2) is 0 Å². The zero-order valence-corrected chi connectivity index (χ0v) is 9.56. The van der Waals surface area contributed by atoms with Crippen LogP contribution in [0, 0.1) is 24.2 Å². The lowest BCUT2D eigenvalue weighted by Crippen LogP contribution is -2.36. The lowest BCUT2D eigenvalue weighted by Gasteiger charge is -2.32. The maximum Gasteiger partial charge on any atom is 0.306 e. The molecule has 1 saturated carbocycles. The van der Waals surface area contributed by atoms with Gasteiger partial charge in [-0.25, -0.2) is 0 Å². The van der Waals surface area contributed by atoms with Crippen molar-refractivity contribution in [1.29, 1.82) is 0 Å². The highest BCUT2D eigenvalue weighted by Gasteiger charge is 2.38. The van der Waals surface area contributed by atoms with Gasteiger partial charge in [-0.05, 0) is 38.0 Å². The maximum atomic E-state index is 11.2. The molecule has 1 rings (SSSR count). The van der Waals surface area contributed by atoms with Gasteiger partial charge in [0.1, 0.15) is 0 Å². The van der Waals surface area contributed by atoms with Crippen LogP contribution in [0.15, 0.2) is 0 Å². The normalized spacial score (nSPS) is 27.3. The van der Waals surface area contributed by atoms with Gasteiger partial charge in [0.05, 0.1) is 11.8 Å². The topological polar surface area (TPSA) is 74.6 Å². The van der Waals surface area contributed by atoms with Gasteiger partial charge in [0, 0.05) is 0 Å². The van der Waals surface area contributed by atoms with Gasteiger partial charge in [-0.3, -0.25) is 9.59 Å². The summed E-state index contributed by atoms with van der Waals surface area (Å²) in [6, 6.07) is 0. The first-order chi connectivity index (χ1) is 7.57. The van der Waals surface area contributed by atoms with Gasteiger partial charge in [-0.15, -0.1) is 0 Å². The van der Waals surface area contributed by atoms with Gasteiger partial charge in [0.2, 0.25) is 0 Å². The highest BCUT2D eigenvalue weighted by molar-refractivity contribution is 5.74. The predicted octanol–water partition coefficient (Wildman–Crippen LogP) is 2.19. The molecule has 4 nitrogen and oxygen atoms in total. The van der Waals surface area contributed by atoms with E-state index in [-0.39, 0.29) is 5.92 Å². The second-order valence-electron chi connectivity index (χ2n) is 4.44. The Morgan fingerprint density at radius 1 is 1.44 bits per heavy atom. The van der Waals surface area contributed by atoms with Crippen LogP contribution in [0.4, 0.5) is 0 Å². The molecule has 2 N–H and O–H groups in total. The van der Waals surface area contributed by atoms with Crippen molar-refractivity contribution in [3.63, 3.8) is 0 Å². The molecule has 0 aromatic carbocycles. The number of aliphatic carboxylic acids is 2. The summed E-state index contributed by atoms with van der Waals surface area (Å²) < 4.78 is 0. The third-order valence-electron chi connectivity index (χ3n) is 3.39. The molecule has 0 saturated heterocycles. The summed E-state index contributed by atoms with van der Waals surface area (Å²) in [5.74, 6) is -2.93. The number of hydrogen-bond donors (Lipinski definition) is 2. The summed E-state index contributed by atoms with van der Waals surface area (Å²) in [5, 5.41) is 18.3. The average molecular weight is 227 g/mol. The first-order valence-electron chi connectivity index (χ1n) is 5.85. The summed E-state index contributed by atoms with van der Waals surface area (Å²) in [7, 11) is 0. The highest BCUT2D eigenvalue weighted by Crippen LogP contribution is 2.37. The third kappa shape index (κ3) is 2.97. The molecule has 1 fully saturated rings. The van der Waals surface area contributed by atoms with Gasteiger partial charge in [0.25, 0.3) is 0 Å². The zero-order chi connectivity index (χ0) is 12.1. The van der Waals surface area contributed by atoms with Crippen LogP contribution in [0.5, 0.6) is 0 Å². The Morgan fingerprint density at radius 3 is 2.62 bits per heavy atom.